The van der Waals surface area contributed by atoms with Crippen LogP contribution in [0.1, 0.15) is 12.5 Å². The molecule has 86 valence electrons. The molecule has 16 heavy (non-hydrogen) atoms. The maximum atomic E-state index is 5.14. The molecule has 0 saturated carbocycles. The Labute approximate surface area is 102 Å². The van der Waals surface area contributed by atoms with Crippen LogP contribution in [0.2, 0.25) is 0 Å². The van der Waals surface area contributed by atoms with Crippen LogP contribution >= 0.6 is 12.2 Å². The summed E-state index contributed by atoms with van der Waals surface area (Å²) in [4.78, 5) is 0. The van der Waals surface area contributed by atoms with Gasteiger partial charge in [0, 0.05) is 6.54 Å². The minimum atomic E-state index is 0.612. The van der Waals surface area contributed by atoms with E-state index in [1.54, 1.807) is 13.3 Å². The first-order chi connectivity index (χ1) is 7.76. The van der Waals surface area contributed by atoms with Gasteiger partial charge < -0.3 is 15.4 Å². The molecular formula is C12H16N2OS. The first kappa shape index (κ1) is 12.5. The van der Waals surface area contributed by atoms with Gasteiger partial charge in [-0.05, 0) is 43.0 Å². The third-order valence-electron chi connectivity index (χ3n) is 1.97. The molecule has 0 heterocycles. The lowest BCUT2D eigenvalue weighted by molar-refractivity contribution is 0.414. The monoisotopic (exact) mass is 236 g/mol. The van der Waals surface area contributed by atoms with Crippen LogP contribution in [0, 0.1) is 0 Å². The highest BCUT2D eigenvalue weighted by Gasteiger charge is 1.96. The van der Waals surface area contributed by atoms with Gasteiger partial charge in [0.05, 0.1) is 7.11 Å². The lowest BCUT2D eigenvalue weighted by Gasteiger charge is -2.08. The molecule has 0 aromatic heterocycles. The number of methoxy groups -OCH3 is 1. The van der Waals surface area contributed by atoms with E-state index in [0.717, 1.165) is 11.3 Å². The van der Waals surface area contributed by atoms with Crippen molar-refractivity contribution in [2.75, 3.05) is 7.11 Å². The van der Waals surface area contributed by atoms with Gasteiger partial charge in [0.1, 0.15) is 5.75 Å². The van der Waals surface area contributed by atoms with Gasteiger partial charge >= 0.3 is 0 Å². The Morgan fingerprint density at radius 3 is 3.00 bits per heavy atom. The highest BCUT2D eigenvalue weighted by Crippen LogP contribution is 2.11. The van der Waals surface area contributed by atoms with Crippen molar-refractivity contribution in [1.29, 1.82) is 0 Å². The van der Waals surface area contributed by atoms with Crippen LogP contribution in [0.5, 0.6) is 5.75 Å². The Hall–Kier alpha value is -1.55. The summed E-state index contributed by atoms with van der Waals surface area (Å²) >= 11 is 5.08. The first-order valence-corrected chi connectivity index (χ1v) is 5.45. The van der Waals surface area contributed by atoms with Crippen molar-refractivity contribution in [3.8, 4) is 5.75 Å². The minimum Gasteiger partial charge on any atom is -0.497 e. The summed E-state index contributed by atoms with van der Waals surface area (Å²) < 4.78 is 5.14. The molecule has 0 spiro atoms. The SMILES string of the molecule is CC=CNC(=S)NCc1cccc(OC)c1. The molecule has 1 rings (SSSR count). The number of hydrogen-bond acceptors (Lipinski definition) is 2. The predicted molar refractivity (Wildman–Crippen MR) is 70.4 cm³/mol. The highest BCUT2D eigenvalue weighted by molar-refractivity contribution is 7.80. The van der Waals surface area contributed by atoms with Crippen molar-refractivity contribution in [2.45, 2.75) is 13.5 Å². The lowest BCUT2D eigenvalue weighted by Crippen LogP contribution is -2.31. The van der Waals surface area contributed by atoms with Crippen LogP contribution in [0.25, 0.3) is 0 Å². The van der Waals surface area contributed by atoms with E-state index in [1.807, 2.05) is 37.3 Å². The number of nitrogens with one attached hydrogen (secondary N) is 2. The van der Waals surface area contributed by atoms with Crippen molar-refractivity contribution in [3.63, 3.8) is 0 Å². The van der Waals surface area contributed by atoms with Gasteiger partial charge in [-0.15, -0.1) is 0 Å². The number of ether oxygens (including phenoxy) is 1. The molecule has 0 bridgehead atoms. The van der Waals surface area contributed by atoms with Crippen molar-refractivity contribution >= 4 is 17.3 Å². The molecule has 0 aliphatic carbocycles. The van der Waals surface area contributed by atoms with E-state index >= 15 is 0 Å². The fourth-order valence-corrected chi connectivity index (χ4v) is 1.32. The maximum absolute atomic E-state index is 5.14. The summed E-state index contributed by atoms with van der Waals surface area (Å²) in [7, 11) is 1.66. The largest absolute Gasteiger partial charge is 0.497 e. The predicted octanol–water partition coefficient (Wildman–Crippen LogP) is 2.19. The van der Waals surface area contributed by atoms with Gasteiger partial charge in [-0.25, -0.2) is 0 Å². The van der Waals surface area contributed by atoms with E-state index in [9.17, 15) is 0 Å². The fourth-order valence-electron chi connectivity index (χ4n) is 1.17. The zero-order valence-electron chi connectivity index (χ0n) is 9.49. The van der Waals surface area contributed by atoms with Crippen LogP contribution in [0.15, 0.2) is 36.5 Å². The standard InChI is InChI=1S/C12H16N2OS/c1-3-7-13-12(16)14-9-10-5-4-6-11(8-10)15-2/h3-8H,9H2,1-2H3,(H2,13,14,16). The molecule has 2 N–H and O–H groups in total. The Morgan fingerprint density at radius 2 is 2.31 bits per heavy atom. The first-order valence-electron chi connectivity index (χ1n) is 5.04. The lowest BCUT2D eigenvalue weighted by atomic mass is 10.2. The van der Waals surface area contributed by atoms with Crippen molar-refractivity contribution in [3.05, 3.63) is 42.1 Å². The molecule has 0 radical (unpaired) electrons. The van der Waals surface area contributed by atoms with E-state index in [-0.39, 0.29) is 0 Å². The van der Waals surface area contributed by atoms with Crippen LogP contribution in [0.4, 0.5) is 0 Å². The van der Waals surface area contributed by atoms with Gasteiger partial charge in [-0.3, -0.25) is 0 Å². The fraction of sp³-hybridized carbons (Fsp3) is 0.250. The summed E-state index contributed by atoms with van der Waals surface area (Å²) in [5.41, 5.74) is 1.13. The smallest absolute Gasteiger partial charge is 0.170 e. The van der Waals surface area contributed by atoms with Crippen LogP contribution in [-0.2, 0) is 6.54 Å². The van der Waals surface area contributed by atoms with Gasteiger partial charge in [-0.2, -0.15) is 0 Å². The van der Waals surface area contributed by atoms with E-state index < -0.39 is 0 Å². The summed E-state index contributed by atoms with van der Waals surface area (Å²) in [5, 5.41) is 6.65. The second-order valence-corrected chi connectivity index (χ2v) is 3.59. The zero-order chi connectivity index (χ0) is 11.8. The third kappa shape index (κ3) is 4.31. The molecule has 0 amide bonds. The van der Waals surface area contributed by atoms with E-state index in [2.05, 4.69) is 10.6 Å². The van der Waals surface area contributed by atoms with Crippen molar-refractivity contribution in [1.82, 2.24) is 10.6 Å². The maximum Gasteiger partial charge on any atom is 0.170 e. The summed E-state index contributed by atoms with van der Waals surface area (Å²) in [5.74, 6) is 0.853. The Bertz CT molecular complexity index is 377. The molecule has 4 heteroatoms. The minimum absolute atomic E-state index is 0.612. The number of allylic oxidation sites excluding steroid dienone is 1. The van der Waals surface area contributed by atoms with E-state index in [1.165, 1.54) is 0 Å². The number of rotatable bonds is 4. The summed E-state index contributed by atoms with van der Waals surface area (Å²) in [6.45, 7) is 2.61. The molecule has 0 unspecified atom stereocenters. The molecule has 1 aromatic carbocycles. The Balaban J connectivity index is 2.44. The summed E-state index contributed by atoms with van der Waals surface area (Å²) in [6.07, 6.45) is 3.68. The van der Waals surface area contributed by atoms with Crippen LogP contribution < -0.4 is 15.4 Å². The highest BCUT2D eigenvalue weighted by atomic mass is 32.1. The molecule has 0 aliphatic rings. The molecule has 0 aliphatic heterocycles. The number of hydrogen-bond donors (Lipinski definition) is 2. The van der Waals surface area contributed by atoms with Crippen LogP contribution in [0.3, 0.4) is 0 Å². The Morgan fingerprint density at radius 1 is 1.50 bits per heavy atom. The van der Waals surface area contributed by atoms with Gasteiger partial charge in [0.15, 0.2) is 5.11 Å². The number of thiocarbonyl (C=S) groups is 1. The van der Waals surface area contributed by atoms with E-state index in [0.29, 0.717) is 11.7 Å². The zero-order valence-corrected chi connectivity index (χ0v) is 10.3. The number of benzene rings is 1. The second kappa shape index (κ2) is 6.85. The average Bonchev–Trinajstić information content (AvgIpc) is 2.34. The molecule has 0 fully saturated rings. The molecule has 1 aromatic rings. The molecule has 0 saturated heterocycles. The topological polar surface area (TPSA) is 33.3 Å². The molecule has 3 nitrogen and oxygen atoms in total. The van der Waals surface area contributed by atoms with Gasteiger partial charge in [0.2, 0.25) is 0 Å². The van der Waals surface area contributed by atoms with Gasteiger partial charge in [0.25, 0.3) is 0 Å². The van der Waals surface area contributed by atoms with Crippen molar-refractivity contribution in [2.24, 2.45) is 0 Å². The molecule has 0 atom stereocenters. The van der Waals surface area contributed by atoms with E-state index in [4.69, 9.17) is 17.0 Å². The van der Waals surface area contributed by atoms with Crippen LogP contribution in [-0.4, -0.2) is 12.2 Å². The average molecular weight is 236 g/mol. The normalized spacial score (nSPS) is 10.1. The van der Waals surface area contributed by atoms with Crippen molar-refractivity contribution < 1.29 is 4.74 Å². The second-order valence-electron chi connectivity index (χ2n) is 3.18. The summed E-state index contributed by atoms with van der Waals surface area (Å²) in [6, 6.07) is 7.87. The third-order valence-corrected chi connectivity index (χ3v) is 2.23. The Kier molecular flexibility index (Phi) is 5.36. The molecular weight excluding hydrogens is 220 g/mol. The van der Waals surface area contributed by atoms with Gasteiger partial charge in [-0.1, -0.05) is 18.2 Å². The quantitative estimate of drug-likeness (QED) is 0.785.